The minimum absolute atomic E-state index is 0.124. The Labute approximate surface area is 379 Å². The quantitative estimate of drug-likeness (QED) is 0.114. The first kappa shape index (κ1) is 40.5. The van der Waals surface area contributed by atoms with Gasteiger partial charge in [0.15, 0.2) is 0 Å². The van der Waals surface area contributed by atoms with E-state index in [0.717, 1.165) is 31.1 Å². The maximum atomic E-state index is 9.46. The fourth-order valence-corrected chi connectivity index (χ4v) is 56.3. The number of hydrogen-bond acceptors (Lipinski definition) is 0. The summed E-state index contributed by atoms with van der Waals surface area (Å²) in [7, 11) is 18.9. The monoisotopic (exact) mass is 945 g/mol. The van der Waals surface area contributed by atoms with E-state index in [2.05, 4.69) is 147 Å². The van der Waals surface area contributed by atoms with Gasteiger partial charge in [-0.3, -0.25) is 0 Å². The van der Waals surface area contributed by atoms with Crippen LogP contribution in [-0.2, 0) is 15.6 Å². The van der Waals surface area contributed by atoms with Gasteiger partial charge in [0.1, 0.15) is 0 Å². The second-order valence-electron chi connectivity index (χ2n) is 21.6. The van der Waals surface area contributed by atoms with Gasteiger partial charge in [0.2, 0.25) is 0 Å². The predicted octanol–water partition coefficient (Wildman–Crippen LogP) is 17.6. The molecule has 0 nitrogen and oxygen atoms in total. The van der Waals surface area contributed by atoms with Gasteiger partial charge in [-0.15, -0.1) is 0 Å². The first-order valence-electron chi connectivity index (χ1n) is 24.3. The number of benzene rings is 6. The van der Waals surface area contributed by atoms with Crippen LogP contribution in [-0.4, -0.2) is 5.92 Å². The van der Waals surface area contributed by atoms with Gasteiger partial charge in [-0.25, -0.2) is 0 Å². The fraction of sp³-hybridized carbons (Fsp3) is 0.379. The molecular formula is C58H61Cl2SiZr. The maximum absolute atomic E-state index is 9.46. The van der Waals surface area contributed by atoms with Crippen LogP contribution in [0.2, 0.25) is 12.6 Å². The van der Waals surface area contributed by atoms with E-state index in [0.29, 0.717) is 10.8 Å². The van der Waals surface area contributed by atoms with Crippen LogP contribution in [0.5, 0.6) is 0 Å². The van der Waals surface area contributed by atoms with Crippen molar-refractivity contribution >= 4 is 56.6 Å². The third-order valence-corrected chi connectivity index (χ3v) is 68.6. The Morgan fingerprint density at radius 1 is 0.548 bits per heavy atom. The number of halogens is 2. The average Bonchev–Trinajstić information content (AvgIpc) is 4.17. The Morgan fingerprint density at radius 2 is 0.984 bits per heavy atom. The van der Waals surface area contributed by atoms with Crippen LogP contribution >= 0.6 is 17.0 Å². The fourth-order valence-electron chi connectivity index (χ4n) is 15.2. The Hall–Kier alpha value is -3.00. The van der Waals surface area contributed by atoms with Crippen LogP contribution in [0.4, 0.5) is 0 Å². The number of hydrogen-bond donors (Lipinski definition) is 0. The van der Waals surface area contributed by atoms with E-state index in [-0.39, 0.29) is 7.25 Å². The first-order valence-corrected chi connectivity index (χ1v) is 40.3. The molecule has 0 radical (unpaired) electrons. The van der Waals surface area contributed by atoms with E-state index in [1.165, 1.54) is 136 Å². The molecule has 315 valence electrons. The van der Waals surface area contributed by atoms with Crippen molar-refractivity contribution in [3.63, 3.8) is 0 Å². The summed E-state index contributed by atoms with van der Waals surface area (Å²) in [5, 5.41) is 5.18. The van der Waals surface area contributed by atoms with Crippen molar-refractivity contribution < 1.29 is 15.6 Å². The molecule has 0 aromatic heterocycles. The zero-order valence-corrected chi connectivity index (χ0v) is 41.9. The number of allylic oxidation sites excluding steroid dienone is 2. The summed E-state index contributed by atoms with van der Waals surface area (Å²) in [6, 6.07) is 47.5. The summed E-state index contributed by atoms with van der Waals surface area (Å²) >= 11 is -5.17. The molecule has 6 aliphatic rings. The molecule has 3 atom stereocenters. The molecule has 4 heteroatoms. The van der Waals surface area contributed by atoms with E-state index < -0.39 is 21.5 Å². The average molecular weight is 948 g/mol. The molecule has 6 aromatic rings. The summed E-state index contributed by atoms with van der Waals surface area (Å²) in [5.74, 6) is 0.0321. The molecule has 6 aromatic carbocycles. The van der Waals surface area contributed by atoms with E-state index >= 15 is 0 Å². The van der Waals surface area contributed by atoms with Gasteiger partial charge in [-0.1, -0.05) is 0 Å². The molecular weight excluding hydrogens is 887 g/mol. The van der Waals surface area contributed by atoms with Crippen molar-refractivity contribution in [2.45, 2.75) is 110 Å². The summed E-state index contributed by atoms with van der Waals surface area (Å²) in [4.78, 5) is 0. The summed E-state index contributed by atoms with van der Waals surface area (Å²) < 4.78 is 0.247. The second-order valence-corrected chi connectivity index (χ2v) is 62.9. The molecule has 0 N–H and O–H groups in total. The number of fused-ring (bicyclic) bond motifs is 8. The zero-order valence-electron chi connectivity index (χ0n) is 36.7. The first-order chi connectivity index (χ1) is 30.1. The van der Waals surface area contributed by atoms with Gasteiger partial charge >= 0.3 is 382 Å². The minimum atomic E-state index is -5.17. The van der Waals surface area contributed by atoms with Crippen molar-refractivity contribution in [3.8, 4) is 22.3 Å². The Bertz CT molecular complexity index is 2650. The van der Waals surface area contributed by atoms with Gasteiger partial charge in [-0.05, 0) is 0 Å². The molecule has 12 rings (SSSR count). The molecule has 0 spiro atoms. The van der Waals surface area contributed by atoms with Crippen LogP contribution in [0, 0.1) is 22.7 Å². The van der Waals surface area contributed by atoms with Crippen LogP contribution < -0.4 is 0 Å². The van der Waals surface area contributed by atoms with Crippen LogP contribution in [0.25, 0.3) is 56.0 Å². The van der Waals surface area contributed by atoms with E-state index in [4.69, 9.17) is 0 Å². The van der Waals surface area contributed by atoms with E-state index in [1.54, 1.807) is 11.1 Å². The molecule has 0 aliphatic heterocycles. The summed E-state index contributed by atoms with van der Waals surface area (Å²) in [5.41, 5.74) is 15.0. The van der Waals surface area contributed by atoms with Crippen molar-refractivity contribution in [2.24, 2.45) is 22.7 Å². The van der Waals surface area contributed by atoms with Crippen LogP contribution in [0.1, 0.15) is 120 Å². The van der Waals surface area contributed by atoms with E-state index in [9.17, 15) is 17.0 Å². The van der Waals surface area contributed by atoms with Gasteiger partial charge in [0, 0.05) is 0 Å². The third-order valence-electron chi connectivity index (χ3n) is 18.1. The summed E-state index contributed by atoms with van der Waals surface area (Å²) in [6.07, 6.45) is 22.7. The molecule has 4 fully saturated rings. The van der Waals surface area contributed by atoms with E-state index in [1.807, 2.05) is 0 Å². The van der Waals surface area contributed by atoms with Crippen molar-refractivity contribution in [3.05, 3.63) is 155 Å². The Balaban J connectivity index is 1.08. The van der Waals surface area contributed by atoms with Crippen molar-refractivity contribution in [1.29, 1.82) is 0 Å². The normalized spacial score (nSPS) is 28.2. The zero-order chi connectivity index (χ0) is 41.9. The molecule has 4 bridgehead atoms. The molecule has 0 saturated heterocycles. The van der Waals surface area contributed by atoms with Gasteiger partial charge in [0.25, 0.3) is 0 Å². The topological polar surface area (TPSA) is 0 Å². The molecule has 4 saturated carbocycles. The number of rotatable bonds is 11. The molecule has 6 aliphatic carbocycles. The van der Waals surface area contributed by atoms with Crippen LogP contribution in [0.15, 0.2) is 132 Å². The van der Waals surface area contributed by atoms with Gasteiger partial charge < -0.3 is 0 Å². The van der Waals surface area contributed by atoms with Crippen LogP contribution in [0.3, 0.4) is 0 Å². The third kappa shape index (κ3) is 6.33. The summed E-state index contributed by atoms with van der Waals surface area (Å²) in [6.45, 7) is 5.05. The predicted molar refractivity (Wildman–Crippen MR) is 267 cm³/mol. The standard InChI is InChI=1S/2C27H25.C4H11Si.2ClH.Zr/c2*1-2-5-22-16-24(9-8-21(22)4-1)25-7-3-6-23-14-20(15-26(23)25)18-27-12-10-19(17-27)11-13-27;1-3-4-5-2;;;/h2*1-9,14-16,19H,10-13,17-18H2;5H,3-4H2,1-2H3;2*1H;/q;;;;;+2/p-2. The molecule has 0 amide bonds. The Morgan fingerprint density at radius 3 is 1.39 bits per heavy atom. The molecule has 0 heterocycles. The molecule has 62 heavy (non-hydrogen) atoms. The van der Waals surface area contributed by atoms with Gasteiger partial charge in [0.05, 0.1) is 0 Å². The van der Waals surface area contributed by atoms with Gasteiger partial charge in [-0.2, -0.15) is 0 Å². The SMILES string of the molecule is CCC[SiH](C)[Zr]([Cl])([Cl])([CH]1C(CC23CCC(CC2)C3)=Cc2c(-c3ccc4ccccc4c3)cccc21)[CH]1C(CC23CCC(CC2)C3)=Cc2c(-c3ccc4ccccc4c3)cccc21. The van der Waals surface area contributed by atoms with Crippen molar-refractivity contribution in [2.75, 3.05) is 0 Å². The Kier molecular flexibility index (Phi) is 9.81. The molecule has 3 unspecified atom stereocenters. The second kappa shape index (κ2) is 15.0. The van der Waals surface area contributed by atoms with Crippen molar-refractivity contribution in [1.82, 2.24) is 0 Å².